The second-order valence-electron chi connectivity index (χ2n) is 13.6. The van der Waals surface area contributed by atoms with Crippen LogP contribution >= 0.6 is 0 Å². The molecule has 5 aromatic carbocycles. The van der Waals surface area contributed by atoms with E-state index >= 15 is 0 Å². The van der Waals surface area contributed by atoms with Crippen molar-refractivity contribution in [1.29, 1.82) is 0 Å². The van der Waals surface area contributed by atoms with Gasteiger partial charge in [-0.15, -0.1) is 0 Å². The lowest BCUT2D eigenvalue weighted by Gasteiger charge is -2.31. The number of carboxylic acids is 1. The summed E-state index contributed by atoms with van der Waals surface area (Å²) >= 11 is 0. The van der Waals surface area contributed by atoms with E-state index in [1.807, 2.05) is 0 Å². The van der Waals surface area contributed by atoms with Crippen LogP contribution in [-0.4, -0.2) is 72.6 Å². The Morgan fingerprint density at radius 1 is 0.651 bits per heavy atom. The number of alkyl halides is 6. The Morgan fingerprint density at radius 3 is 1.46 bits per heavy atom. The number of aliphatic carboxylic acids is 1. The van der Waals surface area contributed by atoms with Crippen molar-refractivity contribution < 1.29 is 71.7 Å². The van der Waals surface area contributed by atoms with Crippen molar-refractivity contribution in [3.8, 4) is 11.5 Å². The largest absolute Gasteiger partial charge is 0.497 e. The summed E-state index contributed by atoms with van der Waals surface area (Å²) in [7, 11) is -6.40. The average Bonchev–Trinajstić information content (AvgIpc) is 3.75. The van der Waals surface area contributed by atoms with Crippen molar-refractivity contribution in [3.05, 3.63) is 144 Å². The second-order valence-corrected chi connectivity index (χ2v) is 17.3. The summed E-state index contributed by atoms with van der Waals surface area (Å²) in [5.41, 5.74) is -3.20. The normalized spacial score (nSPS) is 14.3. The van der Waals surface area contributed by atoms with Crippen molar-refractivity contribution in [2.45, 2.75) is 41.0 Å². The van der Waals surface area contributed by atoms with Crippen LogP contribution < -0.4 is 18.1 Å². The van der Waals surface area contributed by atoms with E-state index in [-0.39, 0.29) is 20.6 Å². The van der Waals surface area contributed by atoms with Crippen LogP contribution in [0, 0.1) is 5.82 Å². The molecule has 1 atom stereocenters. The third-order valence-corrected chi connectivity index (χ3v) is 13.2. The number of ether oxygens (including phenoxy) is 2. The minimum Gasteiger partial charge on any atom is -0.497 e. The molecule has 1 unspecified atom stereocenters. The summed E-state index contributed by atoms with van der Waals surface area (Å²) in [6.45, 7) is -1.72. The van der Waals surface area contributed by atoms with Gasteiger partial charge in [0, 0.05) is 6.54 Å². The lowest BCUT2D eigenvalue weighted by Crippen LogP contribution is -2.43. The van der Waals surface area contributed by atoms with Gasteiger partial charge in [-0.25, -0.2) is 21.2 Å². The van der Waals surface area contributed by atoms with E-state index in [1.54, 1.807) is 0 Å². The first-order valence-corrected chi connectivity index (χ1v) is 21.4. The first-order valence-electron chi connectivity index (χ1n) is 18.5. The average molecular weight is 926 g/mol. The number of hydrogen-bond acceptors (Lipinski definition) is 8. The fraction of sp³-hybridized carbons (Fsp3) is 0.238. The molecule has 1 saturated heterocycles. The van der Waals surface area contributed by atoms with Gasteiger partial charge in [-0.1, -0.05) is 36.4 Å². The van der Waals surface area contributed by atoms with E-state index in [4.69, 9.17) is 14.6 Å². The molecule has 0 saturated carbocycles. The molecule has 0 aliphatic carbocycles. The van der Waals surface area contributed by atoms with E-state index in [0.717, 1.165) is 42.5 Å². The van der Waals surface area contributed by atoms with Crippen molar-refractivity contribution in [1.82, 2.24) is 4.90 Å². The molecule has 336 valence electrons. The van der Waals surface area contributed by atoms with Gasteiger partial charge < -0.3 is 19.5 Å². The Balaban J connectivity index is 0.000000253. The first-order chi connectivity index (χ1) is 29.6. The summed E-state index contributed by atoms with van der Waals surface area (Å²) in [6.07, 6.45) is -8.56. The standard InChI is InChI=1S/C26H24F4N2O4S.C16H14F3NO5S/c1-36-20-12-14-21(15-13-20)37(34,35)32(24-6-3-2-5-22(24)26(28,29)30)17-25(33)31-16-4-7-23(31)18-8-10-19(27)11-9-18;1-25-11-6-8-12(9-7-11)26(23,24)20(10-15(21)22)14-5-3-2-4-13(14)16(17,18)19/h2-3,5-6,8-15,23H,4,7,16-17H2,1H3;2-9H,10H2,1H3,(H,21,22). The molecule has 6 rings (SSSR count). The van der Waals surface area contributed by atoms with Crippen LogP contribution in [0.3, 0.4) is 0 Å². The molecule has 0 bridgehead atoms. The number of rotatable bonds is 13. The molecule has 21 heteroatoms. The van der Waals surface area contributed by atoms with E-state index in [0.29, 0.717) is 40.3 Å². The molecular weight excluding hydrogens is 888 g/mol. The molecule has 0 radical (unpaired) electrons. The molecule has 0 spiro atoms. The lowest BCUT2D eigenvalue weighted by atomic mass is 10.0. The fourth-order valence-corrected chi connectivity index (χ4v) is 9.51. The SMILES string of the molecule is COc1ccc(S(=O)(=O)N(CC(=O)N2CCCC2c2ccc(F)cc2)c2ccccc2C(F)(F)F)cc1.COc1ccc(S(=O)(=O)N(CC(=O)O)c2ccccc2C(F)(F)F)cc1. The number of nitrogens with zero attached hydrogens (tertiary/aromatic N) is 3. The van der Waals surface area contributed by atoms with Crippen molar-refractivity contribution >= 4 is 43.3 Å². The summed E-state index contributed by atoms with van der Waals surface area (Å²) in [4.78, 5) is 25.3. The van der Waals surface area contributed by atoms with Gasteiger partial charge >= 0.3 is 18.3 Å². The molecule has 1 heterocycles. The molecule has 1 amide bonds. The smallest absolute Gasteiger partial charge is 0.418 e. The molecule has 5 aromatic rings. The van der Waals surface area contributed by atoms with Crippen LogP contribution in [-0.2, 0) is 42.0 Å². The number of hydrogen-bond donors (Lipinski definition) is 1. The van der Waals surface area contributed by atoms with Crippen LogP contribution in [0.5, 0.6) is 11.5 Å². The second kappa shape index (κ2) is 19.4. The molecule has 0 aromatic heterocycles. The Morgan fingerprint density at radius 2 is 1.06 bits per heavy atom. The van der Waals surface area contributed by atoms with Gasteiger partial charge in [-0.05, 0) is 103 Å². The number of para-hydroxylation sites is 2. The van der Waals surface area contributed by atoms with E-state index < -0.39 is 91.7 Å². The first kappa shape index (κ1) is 47.7. The van der Waals surface area contributed by atoms with Crippen LogP contribution in [0.25, 0.3) is 0 Å². The van der Waals surface area contributed by atoms with E-state index in [9.17, 15) is 57.2 Å². The van der Waals surface area contributed by atoms with Gasteiger partial charge in [0.1, 0.15) is 30.4 Å². The molecule has 1 aliphatic heterocycles. The lowest BCUT2D eigenvalue weighted by molar-refractivity contribution is -0.138. The highest BCUT2D eigenvalue weighted by Gasteiger charge is 2.41. The maximum atomic E-state index is 13.9. The Kier molecular flexibility index (Phi) is 14.7. The summed E-state index contributed by atoms with van der Waals surface area (Å²) in [5, 5.41) is 9.02. The zero-order valence-corrected chi connectivity index (χ0v) is 34.8. The molecular formula is C42H38F7N3O9S2. The number of amides is 1. The number of benzene rings is 5. The highest BCUT2D eigenvalue weighted by Crippen LogP contribution is 2.41. The third kappa shape index (κ3) is 11.2. The minimum atomic E-state index is -4.86. The predicted octanol–water partition coefficient (Wildman–Crippen LogP) is 8.41. The molecule has 1 fully saturated rings. The fourth-order valence-electron chi connectivity index (χ4n) is 6.64. The van der Waals surface area contributed by atoms with Crippen LogP contribution in [0.2, 0.25) is 0 Å². The summed E-state index contributed by atoms with van der Waals surface area (Å²) in [6, 6.07) is 23.3. The van der Waals surface area contributed by atoms with E-state index in [1.165, 1.54) is 91.9 Å². The third-order valence-electron chi connectivity index (χ3n) is 9.64. The molecule has 12 nitrogen and oxygen atoms in total. The van der Waals surface area contributed by atoms with Crippen LogP contribution in [0.4, 0.5) is 42.1 Å². The maximum absolute atomic E-state index is 13.9. The van der Waals surface area contributed by atoms with E-state index in [2.05, 4.69) is 0 Å². The Hall–Kier alpha value is -6.35. The van der Waals surface area contributed by atoms with Crippen molar-refractivity contribution in [2.75, 3.05) is 42.5 Å². The highest BCUT2D eigenvalue weighted by molar-refractivity contribution is 7.93. The zero-order valence-electron chi connectivity index (χ0n) is 33.2. The van der Waals surface area contributed by atoms with Gasteiger partial charge in [0.05, 0.1) is 52.6 Å². The quantitative estimate of drug-likeness (QED) is 0.115. The number of carboxylic acid groups (broad SMARTS) is 1. The van der Waals surface area contributed by atoms with Gasteiger partial charge in [0.2, 0.25) is 5.91 Å². The zero-order chi connectivity index (χ0) is 46.3. The summed E-state index contributed by atoms with van der Waals surface area (Å²) < 4.78 is 158. The number of halogens is 7. The van der Waals surface area contributed by atoms with Crippen LogP contribution in [0.1, 0.15) is 35.6 Å². The van der Waals surface area contributed by atoms with Gasteiger partial charge in [0.25, 0.3) is 20.0 Å². The van der Waals surface area contributed by atoms with Gasteiger partial charge in [-0.2, -0.15) is 26.3 Å². The number of anilines is 2. The topological polar surface area (TPSA) is 151 Å². The van der Waals surface area contributed by atoms with Crippen molar-refractivity contribution in [2.24, 2.45) is 0 Å². The monoisotopic (exact) mass is 925 g/mol. The van der Waals surface area contributed by atoms with Gasteiger partial charge in [-0.3, -0.25) is 18.2 Å². The van der Waals surface area contributed by atoms with Crippen molar-refractivity contribution in [3.63, 3.8) is 0 Å². The molecule has 1 N–H and O–H groups in total. The molecule has 63 heavy (non-hydrogen) atoms. The number of sulfonamides is 2. The number of carbonyl (C=O) groups excluding carboxylic acids is 1. The Bertz CT molecular complexity index is 2610. The number of methoxy groups -OCH3 is 2. The Labute approximate surface area is 357 Å². The number of likely N-dealkylation sites (tertiary alicyclic amines) is 1. The number of carbonyl (C=O) groups is 2. The van der Waals surface area contributed by atoms with Crippen LogP contribution in [0.15, 0.2) is 131 Å². The summed E-state index contributed by atoms with van der Waals surface area (Å²) in [5.74, 6) is -2.01. The van der Waals surface area contributed by atoms with Gasteiger partial charge in [0.15, 0.2) is 0 Å². The minimum absolute atomic E-state index is 0.222. The maximum Gasteiger partial charge on any atom is 0.418 e. The molecule has 1 aliphatic rings. The highest BCUT2D eigenvalue weighted by atomic mass is 32.2. The predicted molar refractivity (Wildman–Crippen MR) is 216 cm³/mol.